The maximum atomic E-state index is 11.8. The summed E-state index contributed by atoms with van der Waals surface area (Å²) >= 11 is 0. The van der Waals surface area contributed by atoms with Crippen LogP contribution in [0.15, 0.2) is 0 Å². The lowest BCUT2D eigenvalue weighted by Crippen LogP contribution is -2.49. The number of rotatable bonds is 3. The Hall–Kier alpha value is -1.33. The molecular weight excluding hydrogens is 241 g/mol. The van der Waals surface area contributed by atoms with E-state index in [-0.39, 0.29) is 19.8 Å². The van der Waals surface area contributed by atoms with Crippen LogP contribution >= 0.6 is 0 Å². The second-order valence-electron chi connectivity index (χ2n) is 3.41. The molecule has 0 bridgehead atoms. The summed E-state index contributed by atoms with van der Waals surface area (Å²) < 4.78 is 44.5. The van der Waals surface area contributed by atoms with Crippen LogP contribution in [0.1, 0.15) is 0 Å². The molecule has 0 radical (unpaired) electrons. The first kappa shape index (κ1) is 13.7. The zero-order chi connectivity index (χ0) is 12.9. The topological polar surface area (TPSA) is 62.6 Å². The normalized spacial score (nSPS) is 21.1. The molecule has 0 aromatic heterocycles. The van der Waals surface area contributed by atoms with E-state index in [4.69, 9.17) is 10.00 Å². The van der Waals surface area contributed by atoms with Crippen LogP contribution in [0.25, 0.3) is 0 Å². The molecule has 96 valence electrons. The van der Waals surface area contributed by atoms with Gasteiger partial charge in [0.05, 0.1) is 19.3 Å². The van der Waals surface area contributed by atoms with Crippen molar-refractivity contribution in [1.82, 2.24) is 4.90 Å². The molecule has 1 rings (SSSR count). The number of halogens is 3. The molecule has 0 aliphatic carbocycles. The number of amides is 1. The quantitative estimate of drug-likeness (QED) is 0.725. The van der Waals surface area contributed by atoms with Gasteiger partial charge >= 0.3 is 6.18 Å². The Labute approximate surface area is 95.7 Å². The third kappa shape index (κ3) is 4.58. The van der Waals surface area contributed by atoms with Crippen molar-refractivity contribution >= 4 is 5.91 Å². The average molecular weight is 252 g/mol. The Morgan fingerprint density at radius 3 is 2.88 bits per heavy atom. The Kier molecular flexibility index (Phi) is 4.72. The molecule has 1 aliphatic heterocycles. The van der Waals surface area contributed by atoms with Crippen molar-refractivity contribution < 1.29 is 27.4 Å². The molecule has 8 heteroatoms. The summed E-state index contributed by atoms with van der Waals surface area (Å²) in [4.78, 5) is 12.6. The van der Waals surface area contributed by atoms with Gasteiger partial charge in [0.1, 0.15) is 19.3 Å². The summed E-state index contributed by atoms with van der Waals surface area (Å²) in [5, 5.41) is 8.72. The van der Waals surface area contributed by atoms with Crippen LogP contribution in [0, 0.1) is 11.3 Å². The molecule has 0 spiro atoms. The molecule has 0 aromatic rings. The summed E-state index contributed by atoms with van der Waals surface area (Å²) in [5.74, 6) is -0.635. The van der Waals surface area contributed by atoms with Gasteiger partial charge in [0.15, 0.2) is 0 Å². The van der Waals surface area contributed by atoms with E-state index in [0.29, 0.717) is 0 Å². The van der Waals surface area contributed by atoms with Gasteiger partial charge in [0.25, 0.3) is 0 Å². The van der Waals surface area contributed by atoms with Crippen molar-refractivity contribution in [3.63, 3.8) is 0 Å². The Balaban J connectivity index is 2.38. The predicted octanol–water partition coefficient (Wildman–Crippen LogP) is 0.316. The first-order chi connectivity index (χ1) is 7.94. The molecule has 0 unspecified atom stereocenters. The second-order valence-corrected chi connectivity index (χ2v) is 3.41. The maximum Gasteiger partial charge on any atom is 0.411 e. The van der Waals surface area contributed by atoms with Gasteiger partial charge in [-0.25, -0.2) is 0 Å². The first-order valence-electron chi connectivity index (χ1n) is 4.85. The number of alkyl halides is 3. The molecule has 0 aromatic carbocycles. The number of morpholine rings is 1. The summed E-state index contributed by atoms with van der Waals surface area (Å²) in [6, 6.07) is 1.09. The number of carbonyl (C=O) groups excluding carboxylic acids is 1. The van der Waals surface area contributed by atoms with Gasteiger partial charge in [-0.3, -0.25) is 4.79 Å². The molecule has 17 heavy (non-hydrogen) atoms. The van der Waals surface area contributed by atoms with E-state index in [0.717, 1.165) is 0 Å². The van der Waals surface area contributed by atoms with E-state index in [1.807, 2.05) is 6.07 Å². The minimum absolute atomic E-state index is 0.0709. The van der Waals surface area contributed by atoms with Gasteiger partial charge in [-0.15, -0.1) is 0 Å². The molecule has 1 fully saturated rings. The van der Waals surface area contributed by atoms with E-state index in [2.05, 4.69) is 4.74 Å². The van der Waals surface area contributed by atoms with Crippen LogP contribution in [0.3, 0.4) is 0 Å². The van der Waals surface area contributed by atoms with Gasteiger partial charge in [0.2, 0.25) is 5.91 Å². The zero-order valence-corrected chi connectivity index (χ0v) is 8.87. The summed E-state index contributed by atoms with van der Waals surface area (Å²) in [7, 11) is 0. The molecule has 1 atom stereocenters. The van der Waals surface area contributed by atoms with Crippen LogP contribution in [0.4, 0.5) is 13.2 Å². The van der Waals surface area contributed by atoms with Crippen molar-refractivity contribution in [2.24, 2.45) is 0 Å². The van der Waals surface area contributed by atoms with Crippen LogP contribution < -0.4 is 0 Å². The van der Waals surface area contributed by atoms with Gasteiger partial charge in [0, 0.05) is 6.54 Å². The number of hydrogen-bond acceptors (Lipinski definition) is 4. The minimum Gasteiger partial charge on any atom is -0.376 e. The maximum absolute atomic E-state index is 11.8. The second kappa shape index (κ2) is 5.84. The predicted molar refractivity (Wildman–Crippen MR) is 48.8 cm³/mol. The molecule has 1 amide bonds. The summed E-state index contributed by atoms with van der Waals surface area (Å²) in [6.45, 7) is -1.63. The van der Waals surface area contributed by atoms with Crippen molar-refractivity contribution in [1.29, 1.82) is 5.26 Å². The van der Waals surface area contributed by atoms with Crippen LogP contribution in [-0.4, -0.2) is 56.0 Å². The molecule has 0 saturated carbocycles. The van der Waals surface area contributed by atoms with Crippen molar-refractivity contribution in [2.75, 3.05) is 33.0 Å². The SMILES string of the molecule is N#C[C@@H]1COCCN1C(=O)COCC(F)(F)F. The van der Waals surface area contributed by atoms with E-state index in [1.165, 1.54) is 4.90 Å². The number of nitriles is 1. The highest BCUT2D eigenvalue weighted by atomic mass is 19.4. The number of ether oxygens (including phenoxy) is 2. The highest BCUT2D eigenvalue weighted by molar-refractivity contribution is 5.78. The van der Waals surface area contributed by atoms with E-state index in [9.17, 15) is 18.0 Å². The van der Waals surface area contributed by atoms with Crippen molar-refractivity contribution in [3.05, 3.63) is 0 Å². The summed E-state index contributed by atoms with van der Waals surface area (Å²) in [5.41, 5.74) is 0. The van der Waals surface area contributed by atoms with Crippen molar-refractivity contribution in [2.45, 2.75) is 12.2 Å². The number of nitrogens with zero attached hydrogens (tertiary/aromatic N) is 2. The monoisotopic (exact) mass is 252 g/mol. The molecule has 1 heterocycles. The molecule has 1 saturated heterocycles. The molecule has 1 aliphatic rings. The van der Waals surface area contributed by atoms with Gasteiger partial charge < -0.3 is 14.4 Å². The van der Waals surface area contributed by atoms with Crippen LogP contribution in [-0.2, 0) is 14.3 Å². The van der Waals surface area contributed by atoms with Gasteiger partial charge in [-0.05, 0) is 0 Å². The average Bonchev–Trinajstić information content (AvgIpc) is 2.27. The standard InChI is InChI=1S/C9H11F3N2O3/c10-9(11,12)6-17-5-8(15)14-1-2-16-4-7(14)3-13/h7H,1-2,4-6H2/t7-/m1/s1. The molecule has 0 N–H and O–H groups in total. The zero-order valence-electron chi connectivity index (χ0n) is 8.87. The Morgan fingerprint density at radius 1 is 1.59 bits per heavy atom. The molecular formula is C9H11F3N2O3. The van der Waals surface area contributed by atoms with Crippen LogP contribution in [0.2, 0.25) is 0 Å². The Bertz CT molecular complexity index is 314. The van der Waals surface area contributed by atoms with Crippen LogP contribution in [0.5, 0.6) is 0 Å². The largest absolute Gasteiger partial charge is 0.411 e. The van der Waals surface area contributed by atoms with E-state index in [1.54, 1.807) is 0 Å². The third-order valence-electron chi connectivity index (χ3n) is 2.09. The fraction of sp³-hybridized carbons (Fsp3) is 0.778. The van der Waals surface area contributed by atoms with Gasteiger partial charge in [-0.2, -0.15) is 18.4 Å². The first-order valence-corrected chi connectivity index (χ1v) is 4.85. The lowest BCUT2D eigenvalue weighted by Gasteiger charge is -2.31. The number of carbonyl (C=O) groups is 1. The number of hydrogen-bond donors (Lipinski definition) is 0. The third-order valence-corrected chi connectivity index (χ3v) is 2.09. The lowest BCUT2D eigenvalue weighted by atomic mass is 10.2. The molecule has 5 nitrogen and oxygen atoms in total. The highest BCUT2D eigenvalue weighted by Gasteiger charge is 2.30. The smallest absolute Gasteiger partial charge is 0.376 e. The van der Waals surface area contributed by atoms with E-state index >= 15 is 0 Å². The fourth-order valence-corrected chi connectivity index (χ4v) is 1.35. The minimum atomic E-state index is -4.46. The van der Waals surface area contributed by atoms with Gasteiger partial charge in [-0.1, -0.05) is 0 Å². The Morgan fingerprint density at radius 2 is 2.29 bits per heavy atom. The van der Waals surface area contributed by atoms with Crippen molar-refractivity contribution in [3.8, 4) is 6.07 Å². The fourth-order valence-electron chi connectivity index (χ4n) is 1.35. The highest BCUT2D eigenvalue weighted by Crippen LogP contribution is 2.14. The lowest BCUT2D eigenvalue weighted by molar-refractivity contribution is -0.179. The van der Waals surface area contributed by atoms with E-state index < -0.39 is 31.3 Å². The summed E-state index contributed by atoms with van der Waals surface area (Å²) in [6.07, 6.45) is -4.46.